The molecule has 6 heteroatoms. The maximum atomic E-state index is 11.5. The summed E-state index contributed by atoms with van der Waals surface area (Å²) in [6.45, 7) is 2.03. The highest BCUT2D eigenvalue weighted by atomic mass is 16.5. The minimum Gasteiger partial charge on any atom is -0.508 e. The molecule has 0 spiro atoms. The molecule has 1 rings (SSSR count). The van der Waals surface area contributed by atoms with E-state index in [0.29, 0.717) is 23.7 Å². The van der Waals surface area contributed by atoms with Crippen LogP contribution in [0.25, 0.3) is 0 Å². The summed E-state index contributed by atoms with van der Waals surface area (Å²) >= 11 is 0. The Bertz CT molecular complexity index is 422. The summed E-state index contributed by atoms with van der Waals surface area (Å²) in [6, 6.07) is 2.20. The van der Waals surface area contributed by atoms with Crippen LogP contribution in [0.4, 0.5) is 0 Å². The molecule has 6 nitrogen and oxygen atoms in total. The Labute approximate surface area is 112 Å². The zero-order valence-corrected chi connectivity index (χ0v) is 11.3. The molecule has 3 N–H and O–H groups in total. The van der Waals surface area contributed by atoms with Crippen molar-refractivity contribution in [2.24, 2.45) is 5.73 Å². The van der Waals surface area contributed by atoms with E-state index in [2.05, 4.69) is 0 Å². The number of rotatable bonds is 6. The SMILES string of the molecule is CCOC(=O)C[C@@H](N)c1c(OC)cc(O)cc1OC. The lowest BCUT2D eigenvalue weighted by Crippen LogP contribution is -2.18. The molecule has 1 aromatic rings. The van der Waals surface area contributed by atoms with Crippen LogP contribution >= 0.6 is 0 Å². The van der Waals surface area contributed by atoms with Crippen LogP contribution in [-0.2, 0) is 9.53 Å². The first-order chi connectivity index (χ1) is 9.03. The van der Waals surface area contributed by atoms with Gasteiger partial charge in [0.2, 0.25) is 0 Å². The molecule has 0 bridgehead atoms. The van der Waals surface area contributed by atoms with Gasteiger partial charge in [-0.1, -0.05) is 0 Å². The van der Waals surface area contributed by atoms with Crippen molar-refractivity contribution in [2.45, 2.75) is 19.4 Å². The van der Waals surface area contributed by atoms with Gasteiger partial charge in [-0.3, -0.25) is 4.79 Å². The van der Waals surface area contributed by atoms with Gasteiger partial charge >= 0.3 is 5.97 Å². The molecule has 0 unspecified atom stereocenters. The number of nitrogens with two attached hydrogens (primary N) is 1. The Hall–Kier alpha value is -1.95. The summed E-state index contributed by atoms with van der Waals surface area (Å²) < 4.78 is 15.2. The summed E-state index contributed by atoms with van der Waals surface area (Å²) in [5.41, 5.74) is 6.51. The van der Waals surface area contributed by atoms with E-state index in [1.165, 1.54) is 26.4 Å². The maximum Gasteiger partial charge on any atom is 0.307 e. The summed E-state index contributed by atoms with van der Waals surface area (Å²) in [5.74, 6) is 0.343. The number of carbonyl (C=O) groups excluding carboxylic acids is 1. The number of hydrogen-bond donors (Lipinski definition) is 2. The fourth-order valence-electron chi connectivity index (χ4n) is 1.79. The fourth-order valence-corrected chi connectivity index (χ4v) is 1.79. The molecule has 0 aliphatic rings. The van der Waals surface area contributed by atoms with Crippen molar-refractivity contribution in [2.75, 3.05) is 20.8 Å². The van der Waals surface area contributed by atoms with E-state index in [-0.39, 0.29) is 12.2 Å². The van der Waals surface area contributed by atoms with E-state index in [1.807, 2.05) is 0 Å². The second-order valence-electron chi connectivity index (χ2n) is 3.88. The summed E-state index contributed by atoms with van der Waals surface area (Å²) in [6.07, 6.45) is 0.00529. The van der Waals surface area contributed by atoms with E-state index >= 15 is 0 Å². The smallest absolute Gasteiger partial charge is 0.307 e. The number of carbonyl (C=O) groups is 1. The minimum atomic E-state index is -0.635. The van der Waals surface area contributed by atoms with Gasteiger partial charge < -0.3 is 25.1 Å². The van der Waals surface area contributed by atoms with Crippen molar-refractivity contribution in [3.8, 4) is 17.2 Å². The van der Waals surface area contributed by atoms with Crippen molar-refractivity contribution in [1.82, 2.24) is 0 Å². The molecular formula is C13H19NO5. The highest BCUT2D eigenvalue weighted by molar-refractivity contribution is 5.71. The molecular weight excluding hydrogens is 250 g/mol. The molecule has 0 radical (unpaired) electrons. The van der Waals surface area contributed by atoms with Crippen LogP contribution in [0.2, 0.25) is 0 Å². The Kier molecular flexibility index (Phi) is 5.44. The van der Waals surface area contributed by atoms with Crippen molar-refractivity contribution in [1.29, 1.82) is 0 Å². The van der Waals surface area contributed by atoms with Crippen LogP contribution < -0.4 is 15.2 Å². The molecule has 0 saturated heterocycles. The van der Waals surface area contributed by atoms with Gasteiger partial charge in [0, 0.05) is 18.2 Å². The number of benzene rings is 1. The highest BCUT2D eigenvalue weighted by Crippen LogP contribution is 2.38. The Morgan fingerprint density at radius 2 is 1.84 bits per heavy atom. The Morgan fingerprint density at radius 1 is 1.32 bits per heavy atom. The summed E-state index contributed by atoms with van der Waals surface area (Å²) in [7, 11) is 2.91. The predicted octanol–water partition coefficient (Wildman–Crippen LogP) is 1.36. The molecule has 0 aromatic heterocycles. The maximum absolute atomic E-state index is 11.5. The Morgan fingerprint density at radius 3 is 2.26 bits per heavy atom. The van der Waals surface area contributed by atoms with Gasteiger partial charge in [-0.2, -0.15) is 0 Å². The number of esters is 1. The van der Waals surface area contributed by atoms with Gasteiger partial charge in [-0.25, -0.2) is 0 Å². The van der Waals surface area contributed by atoms with Crippen molar-refractivity contribution in [3.05, 3.63) is 17.7 Å². The first kappa shape index (κ1) is 15.1. The standard InChI is InChI=1S/C13H19NO5/c1-4-19-12(16)7-9(14)13-10(17-2)5-8(15)6-11(13)18-3/h5-6,9,15H,4,7,14H2,1-3H3/t9-/m1/s1. The van der Waals surface area contributed by atoms with Crippen molar-refractivity contribution >= 4 is 5.97 Å². The number of ether oxygens (including phenoxy) is 3. The topological polar surface area (TPSA) is 91.0 Å². The number of hydrogen-bond acceptors (Lipinski definition) is 6. The largest absolute Gasteiger partial charge is 0.508 e. The van der Waals surface area contributed by atoms with E-state index < -0.39 is 12.0 Å². The lowest BCUT2D eigenvalue weighted by molar-refractivity contribution is -0.143. The molecule has 1 aromatic carbocycles. The molecule has 106 valence electrons. The molecule has 19 heavy (non-hydrogen) atoms. The van der Waals surface area contributed by atoms with Gasteiger partial charge in [0.1, 0.15) is 17.2 Å². The number of phenols is 1. The Balaban J connectivity index is 3.06. The highest BCUT2D eigenvalue weighted by Gasteiger charge is 2.22. The molecule has 0 fully saturated rings. The van der Waals surface area contributed by atoms with Crippen LogP contribution in [0.15, 0.2) is 12.1 Å². The van der Waals surface area contributed by atoms with E-state index in [4.69, 9.17) is 19.9 Å². The van der Waals surface area contributed by atoms with Gasteiger partial charge in [-0.05, 0) is 6.92 Å². The minimum absolute atomic E-state index is 0.000727. The second-order valence-corrected chi connectivity index (χ2v) is 3.88. The zero-order valence-electron chi connectivity index (χ0n) is 11.3. The molecule has 0 saturated carbocycles. The molecule has 1 atom stereocenters. The summed E-state index contributed by atoms with van der Waals surface area (Å²) in [4.78, 5) is 11.5. The van der Waals surface area contributed by atoms with Crippen LogP contribution in [0.5, 0.6) is 17.2 Å². The third-order valence-corrected chi connectivity index (χ3v) is 2.59. The van der Waals surface area contributed by atoms with Gasteiger partial charge in [0.25, 0.3) is 0 Å². The van der Waals surface area contributed by atoms with E-state index in [9.17, 15) is 9.90 Å². The third kappa shape index (κ3) is 3.75. The lowest BCUT2D eigenvalue weighted by Gasteiger charge is -2.18. The van der Waals surface area contributed by atoms with Crippen LogP contribution in [0.3, 0.4) is 0 Å². The first-order valence-electron chi connectivity index (χ1n) is 5.89. The van der Waals surface area contributed by atoms with Gasteiger partial charge in [0.05, 0.1) is 32.8 Å². The molecule has 0 aliphatic heterocycles. The fraction of sp³-hybridized carbons (Fsp3) is 0.462. The number of phenolic OH excluding ortho intramolecular Hbond substituents is 1. The third-order valence-electron chi connectivity index (χ3n) is 2.59. The molecule has 0 aliphatic carbocycles. The molecule has 0 amide bonds. The van der Waals surface area contributed by atoms with Crippen LogP contribution in [0.1, 0.15) is 24.9 Å². The van der Waals surface area contributed by atoms with Gasteiger partial charge in [-0.15, -0.1) is 0 Å². The average Bonchev–Trinajstić information content (AvgIpc) is 2.37. The van der Waals surface area contributed by atoms with Crippen molar-refractivity contribution in [3.63, 3.8) is 0 Å². The molecule has 0 heterocycles. The zero-order chi connectivity index (χ0) is 14.4. The lowest BCUT2D eigenvalue weighted by atomic mass is 10.0. The summed E-state index contributed by atoms with van der Waals surface area (Å²) in [5, 5.41) is 9.54. The van der Waals surface area contributed by atoms with Gasteiger partial charge in [0.15, 0.2) is 0 Å². The average molecular weight is 269 g/mol. The predicted molar refractivity (Wildman–Crippen MR) is 69.4 cm³/mol. The first-order valence-corrected chi connectivity index (χ1v) is 5.89. The second kappa shape index (κ2) is 6.84. The van der Waals surface area contributed by atoms with E-state index in [1.54, 1.807) is 6.92 Å². The van der Waals surface area contributed by atoms with Crippen molar-refractivity contribution < 1.29 is 24.1 Å². The normalized spacial score (nSPS) is 11.8. The van der Waals surface area contributed by atoms with E-state index in [0.717, 1.165) is 0 Å². The van der Waals surface area contributed by atoms with Crippen LogP contribution in [0, 0.1) is 0 Å². The quantitative estimate of drug-likeness (QED) is 0.758. The number of aromatic hydroxyl groups is 1. The monoisotopic (exact) mass is 269 g/mol. The number of methoxy groups -OCH3 is 2. The van der Waals surface area contributed by atoms with Crippen LogP contribution in [-0.4, -0.2) is 31.9 Å².